The molecular weight excluding hydrogens is 167 g/mol. The minimum Gasteiger partial charge on any atom is -0.508 e. The van der Waals surface area contributed by atoms with E-state index in [9.17, 15) is 9.50 Å². The van der Waals surface area contributed by atoms with E-state index in [1.807, 2.05) is 6.07 Å². The van der Waals surface area contributed by atoms with Crippen LogP contribution in [0.15, 0.2) is 18.2 Å². The number of aryl methyl sites for hydroxylation is 1. The van der Waals surface area contributed by atoms with Crippen LogP contribution in [0.1, 0.15) is 30.9 Å². The largest absolute Gasteiger partial charge is 0.508 e. The quantitative estimate of drug-likeness (QED) is 0.650. The number of fused-ring (bicyclic) bond motifs is 1. The van der Waals surface area contributed by atoms with Crippen molar-refractivity contribution in [3.8, 4) is 5.75 Å². The van der Waals surface area contributed by atoms with Gasteiger partial charge in [0.2, 0.25) is 0 Å². The maximum absolute atomic E-state index is 14.0. The number of hydrogen-bond acceptors (Lipinski definition) is 1. The fourth-order valence-electron chi connectivity index (χ4n) is 2.13. The van der Waals surface area contributed by atoms with Crippen molar-refractivity contribution in [2.24, 2.45) is 0 Å². The van der Waals surface area contributed by atoms with Gasteiger partial charge in [0, 0.05) is 5.56 Å². The smallest absolute Gasteiger partial charge is 0.137 e. The highest BCUT2D eigenvalue weighted by molar-refractivity contribution is 5.44. The molecule has 0 radical (unpaired) electrons. The first kappa shape index (κ1) is 8.54. The number of phenols is 1. The van der Waals surface area contributed by atoms with Gasteiger partial charge >= 0.3 is 0 Å². The van der Waals surface area contributed by atoms with Gasteiger partial charge in [-0.05, 0) is 37.8 Å². The van der Waals surface area contributed by atoms with Gasteiger partial charge in [0.15, 0.2) is 0 Å². The Balaban J connectivity index is 2.61. The lowest BCUT2D eigenvalue weighted by Crippen LogP contribution is -2.22. The summed E-state index contributed by atoms with van der Waals surface area (Å²) in [6.07, 6.45) is 2.25. The summed E-state index contributed by atoms with van der Waals surface area (Å²) >= 11 is 0. The molecule has 1 aliphatic rings. The van der Waals surface area contributed by atoms with Crippen molar-refractivity contribution in [3.63, 3.8) is 0 Å². The van der Waals surface area contributed by atoms with Crippen LogP contribution in [0.25, 0.3) is 0 Å². The Morgan fingerprint density at radius 3 is 2.92 bits per heavy atom. The lowest BCUT2D eigenvalue weighted by atomic mass is 9.81. The number of rotatable bonds is 0. The van der Waals surface area contributed by atoms with Crippen LogP contribution in [-0.2, 0) is 12.1 Å². The molecule has 0 aromatic heterocycles. The minimum atomic E-state index is -1.35. The van der Waals surface area contributed by atoms with Crippen LogP contribution in [0.2, 0.25) is 0 Å². The predicted molar refractivity (Wildman–Crippen MR) is 49.5 cm³/mol. The average molecular weight is 180 g/mol. The van der Waals surface area contributed by atoms with Crippen molar-refractivity contribution in [1.82, 2.24) is 0 Å². The Morgan fingerprint density at radius 1 is 1.46 bits per heavy atom. The zero-order valence-electron chi connectivity index (χ0n) is 7.68. The third-order valence-electron chi connectivity index (χ3n) is 2.74. The third kappa shape index (κ3) is 1.30. The average Bonchev–Trinajstić information content (AvgIpc) is 2.02. The van der Waals surface area contributed by atoms with E-state index in [-0.39, 0.29) is 5.75 Å². The number of benzene rings is 1. The van der Waals surface area contributed by atoms with Gasteiger partial charge in [0.25, 0.3) is 0 Å². The van der Waals surface area contributed by atoms with Crippen molar-refractivity contribution < 1.29 is 9.50 Å². The summed E-state index contributed by atoms with van der Waals surface area (Å²) in [5.41, 5.74) is 0.108. The molecule has 0 saturated carbocycles. The molecule has 0 saturated heterocycles. The molecular formula is C11H13FO. The predicted octanol–water partition coefficient (Wildman–Crippen LogP) is 2.91. The van der Waals surface area contributed by atoms with Gasteiger partial charge in [-0.25, -0.2) is 4.39 Å². The van der Waals surface area contributed by atoms with Crippen LogP contribution >= 0.6 is 0 Å². The molecule has 1 N–H and O–H groups in total. The first-order chi connectivity index (χ1) is 6.11. The highest BCUT2D eigenvalue weighted by Gasteiger charge is 2.33. The van der Waals surface area contributed by atoms with Crippen molar-refractivity contribution >= 4 is 0 Å². The second-order valence-electron chi connectivity index (χ2n) is 3.86. The maximum atomic E-state index is 14.0. The number of phenolic OH excluding ortho intramolecular Hbond substituents is 1. The summed E-state index contributed by atoms with van der Waals surface area (Å²) in [6.45, 7) is 1.55. The molecule has 0 fully saturated rings. The minimum absolute atomic E-state index is 0.0993. The Bertz CT molecular complexity index is 331. The molecule has 0 bridgehead atoms. The van der Waals surface area contributed by atoms with Gasteiger partial charge in [-0.2, -0.15) is 0 Å². The maximum Gasteiger partial charge on any atom is 0.137 e. The first-order valence-corrected chi connectivity index (χ1v) is 4.61. The van der Waals surface area contributed by atoms with Gasteiger partial charge in [0.1, 0.15) is 11.4 Å². The van der Waals surface area contributed by atoms with Crippen molar-refractivity contribution in [3.05, 3.63) is 29.3 Å². The molecule has 0 heterocycles. The van der Waals surface area contributed by atoms with E-state index in [4.69, 9.17) is 0 Å². The van der Waals surface area contributed by atoms with E-state index in [2.05, 4.69) is 0 Å². The van der Waals surface area contributed by atoms with Crippen LogP contribution in [0.5, 0.6) is 5.75 Å². The zero-order valence-corrected chi connectivity index (χ0v) is 7.68. The van der Waals surface area contributed by atoms with E-state index in [1.165, 1.54) is 0 Å². The lowest BCUT2D eigenvalue weighted by molar-refractivity contribution is 0.157. The number of aromatic hydroxyl groups is 1. The van der Waals surface area contributed by atoms with E-state index in [1.54, 1.807) is 19.1 Å². The first-order valence-electron chi connectivity index (χ1n) is 4.61. The summed E-state index contributed by atoms with van der Waals surface area (Å²) < 4.78 is 14.0. The molecule has 0 spiro atoms. The standard InChI is InChI=1S/C11H13FO/c1-11(12)7-3-5-8-4-2-6-9(13)10(8)11/h2,4,6,13H,3,5,7H2,1H3. The Kier molecular flexibility index (Phi) is 1.79. The second kappa shape index (κ2) is 2.72. The summed E-state index contributed by atoms with van der Waals surface area (Å²) in [5, 5.41) is 9.55. The topological polar surface area (TPSA) is 20.2 Å². The molecule has 2 heteroatoms. The molecule has 1 aromatic carbocycles. The summed E-state index contributed by atoms with van der Waals surface area (Å²) in [7, 11) is 0. The van der Waals surface area contributed by atoms with E-state index in [0.29, 0.717) is 12.0 Å². The summed E-state index contributed by atoms with van der Waals surface area (Å²) in [4.78, 5) is 0. The summed E-state index contributed by atoms with van der Waals surface area (Å²) in [6, 6.07) is 5.23. The van der Waals surface area contributed by atoms with Crippen LogP contribution in [0, 0.1) is 0 Å². The molecule has 1 unspecified atom stereocenters. The lowest BCUT2D eigenvalue weighted by Gasteiger charge is -2.29. The van der Waals surface area contributed by atoms with Crippen molar-refractivity contribution in [2.45, 2.75) is 31.9 Å². The Hall–Kier alpha value is -1.05. The van der Waals surface area contributed by atoms with Gasteiger partial charge in [-0.1, -0.05) is 12.1 Å². The normalized spacial score (nSPS) is 26.9. The van der Waals surface area contributed by atoms with Gasteiger partial charge in [-0.15, -0.1) is 0 Å². The van der Waals surface area contributed by atoms with Crippen molar-refractivity contribution in [1.29, 1.82) is 0 Å². The van der Waals surface area contributed by atoms with Crippen molar-refractivity contribution in [2.75, 3.05) is 0 Å². The molecule has 1 atom stereocenters. The molecule has 1 aliphatic carbocycles. The second-order valence-corrected chi connectivity index (χ2v) is 3.86. The van der Waals surface area contributed by atoms with Crippen LogP contribution in [0.4, 0.5) is 4.39 Å². The molecule has 0 aliphatic heterocycles. The van der Waals surface area contributed by atoms with E-state index in [0.717, 1.165) is 18.4 Å². The Morgan fingerprint density at radius 2 is 2.23 bits per heavy atom. The number of hydrogen-bond donors (Lipinski definition) is 1. The van der Waals surface area contributed by atoms with Gasteiger partial charge in [0.05, 0.1) is 0 Å². The van der Waals surface area contributed by atoms with Gasteiger partial charge in [-0.3, -0.25) is 0 Å². The molecule has 2 rings (SSSR count). The number of alkyl halides is 1. The third-order valence-corrected chi connectivity index (χ3v) is 2.74. The summed E-state index contributed by atoms with van der Waals surface area (Å²) in [5.74, 6) is 0.0993. The monoisotopic (exact) mass is 180 g/mol. The van der Waals surface area contributed by atoms with Crippen LogP contribution in [-0.4, -0.2) is 5.11 Å². The highest BCUT2D eigenvalue weighted by Crippen LogP contribution is 2.42. The van der Waals surface area contributed by atoms with Gasteiger partial charge < -0.3 is 5.11 Å². The molecule has 0 amide bonds. The fourth-order valence-corrected chi connectivity index (χ4v) is 2.13. The fraction of sp³-hybridized carbons (Fsp3) is 0.455. The van der Waals surface area contributed by atoms with E-state index < -0.39 is 5.67 Å². The molecule has 1 nitrogen and oxygen atoms in total. The molecule has 70 valence electrons. The van der Waals surface area contributed by atoms with E-state index >= 15 is 0 Å². The highest BCUT2D eigenvalue weighted by atomic mass is 19.1. The molecule has 13 heavy (non-hydrogen) atoms. The van der Waals surface area contributed by atoms with Crippen LogP contribution < -0.4 is 0 Å². The molecule has 1 aromatic rings. The van der Waals surface area contributed by atoms with Crippen LogP contribution in [0.3, 0.4) is 0 Å². The Labute approximate surface area is 77.2 Å². The SMILES string of the molecule is CC1(F)CCCc2cccc(O)c21. The zero-order chi connectivity index (χ0) is 9.47. The number of halogens is 1.